The average molecular weight is 292 g/mol. The van der Waals surface area contributed by atoms with Gasteiger partial charge in [-0.1, -0.05) is 6.92 Å². The van der Waals surface area contributed by atoms with Gasteiger partial charge in [0, 0.05) is 18.7 Å². The van der Waals surface area contributed by atoms with E-state index in [0.29, 0.717) is 23.6 Å². The summed E-state index contributed by atoms with van der Waals surface area (Å²) in [4.78, 5) is 16.1. The number of benzene rings is 1. The van der Waals surface area contributed by atoms with Crippen molar-refractivity contribution in [1.29, 1.82) is 0 Å². The maximum absolute atomic E-state index is 11.9. The summed E-state index contributed by atoms with van der Waals surface area (Å²) < 4.78 is 12.2. The molecule has 0 radical (unpaired) electrons. The third-order valence-corrected chi connectivity index (χ3v) is 3.16. The van der Waals surface area contributed by atoms with Gasteiger partial charge in [-0.2, -0.15) is 0 Å². The van der Waals surface area contributed by atoms with E-state index in [1.807, 2.05) is 6.92 Å². The molecule has 0 saturated heterocycles. The SMILES string of the molecule is CCCNC(=O)Cn1c(N)nc2cc(OC)c(OC)cc21. The number of hydrogen-bond donors (Lipinski definition) is 2. The van der Waals surface area contributed by atoms with Crippen LogP contribution in [0, 0.1) is 0 Å². The van der Waals surface area contributed by atoms with Gasteiger partial charge in [-0.15, -0.1) is 0 Å². The maximum atomic E-state index is 11.9. The number of nitrogen functional groups attached to an aromatic ring is 1. The molecule has 114 valence electrons. The zero-order valence-electron chi connectivity index (χ0n) is 12.5. The zero-order chi connectivity index (χ0) is 15.4. The Balaban J connectivity index is 2.39. The Labute approximate surface area is 123 Å². The van der Waals surface area contributed by atoms with Crippen LogP contribution in [-0.2, 0) is 11.3 Å². The van der Waals surface area contributed by atoms with Gasteiger partial charge < -0.3 is 25.1 Å². The van der Waals surface area contributed by atoms with Gasteiger partial charge in [-0.3, -0.25) is 4.79 Å². The molecule has 0 bridgehead atoms. The van der Waals surface area contributed by atoms with Crippen molar-refractivity contribution in [1.82, 2.24) is 14.9 Å². The van der Waals surface area contributed by atoms with E-state index < -0.39 is 0 Å². The molecule has 0 fully saturated rings. The first-order chi connectivity index (χ1) is 10.1. The molecule has 21 heavy (non-hydrogen) atoms. The average Bonchev–Trinajstić information content (AvgIpc) is 2.78. The molecule has 3 N–H and O–H groups in total. The number of anilines is 1. The summed E-state index contributed by atoms with van der Waals surface area (Å²) in [5.41, 5.74) is 7.30. The van der Waals surface area contributed by atoms with E-state index in [0.717, 1.165) is 11.9 Å². The van der Waals surface area contributed by atoms with Crippen LogP contribution >= 0.6 is 0 Å². The molecule has 2 aromatic rings. The van der Waals surface area contributed by atoms with Crippen LogP contribution in [0.4, 0.5) is 5.95 Å². The summed E-state index contributed by atoms with van der Waals surface area (Å²) in [7, 11) is 3.12. The van der Waals surface area contributed by atoms with E-state index in [-0.39, 0.29) is 18.4 Å². The molecule has 1 amide bonds. The van der Waals surface area contributed by atoms with Crippen LogP contribution in [0.3, 0.4) is 0 Å². The highest BCUT2D eigenvalue weighted by molar-refractivity contribution is 5.85. The predicted molar refractivity (Wildman–Crippen MR) is 80.6 cm³/mol. The van der Waals surface area contributed by atoms with Crippen LogP contribution in [0.1, 0.15) is 13.3 Å². The summed E-state index contributed by atoms with van der Waals surface area (Å²) in [5, 5.41) is 2.81. The maximum Gasteiger partial charge on any atom is 0.240 e. The summed E-state index contributed by atoms with van der Waals surface area (Å²) in [6.45, 7) is 2.76. The number of imidazole rings is 1. The summed E-state index contributed by atoms with van der Waals surface area (Å²) in [5.74, 6) is 1.33. The molecule has 0 aliphatic rings. The van der Waals surface area contributed by atoms with Crippen LogP contribution < -0.4 is 20.5 Å². The molecular formula is C14H20N4O3. The number of carbonyl (C=O) groups is 1. The van der Waals surface area contributed by atoms with Gasteiger partial charge in [0.2, 0.25) is 11.9 Å². The lowest BCUT2D eigenvalue weighted by atomic mass is 10.2. The van der Waals surface area contributed by atoms with Crippen molar-refractivity contribution in [2.75, 3.05) is 26.5 Å². The second kappa shape index (κ2) is 6.34. The van der Waals surface area contributed by atoms with E-state index in [9.17, 15) is 4.79 Å². The minimum Gasteiger partial charge on any atom is -0.493 e. The molecule has 1 aromatic carbocycles. The van der Waals surface area contributed by atoms with Crippen molar-refractivity contribution >= 4 is 22.9 Å². The second-order valence-electron chi connectivity index (χ2n) is 4.60. The topological polar surface area (TPSA) is 91.4 Å². The van der Waals surface area contributed by atoms with E-state index >= 15 is 0 Å². The number of fused-ring (bicyclic) bond motifs is 1. The Hall–Kier alpha value is -2.44. The van der Waals surface area contributed by atoms with E-state index in [2.05, 4.69) is 10.3 Å². The molecule has 7 nitrogen and oxygen atoms in total. The highest BCUT2D eigenvalue weighted by Crippen LogP contribution is 2.32. The van der Waals surface area contributed by atoms with Crippen LogP contribution in [0.25, 0.3) is 11.0 Å². The quantitative estimate of drug-likeness (QED) is 0.833. The largest absolute Gasteiger partial charge is 0.493 e. The van der Waals surface area contributed by atoms with Gasteiger partial charge in [0.1, 0.15) is 6.54 Å². The van der Waals surface area contributed by atoms with Crippen molar-refractivity contribution in [2.24, 2.45) is 0 Å². The summed E-state index contributed by atoms with van der Waals surface area (Å²) in [6, 6.07) is 3.51. The monoisotopic (exact) mass is 292 g/mol. The van der Waals surface area contributed by atoms with Gasteiger partial charge in [0.15, 0.2) is 11.5 Å². The van der Waals surface area contributed by atoms with Crippen LogP contribution in [0.15, 0.2) is 12.1 Å². The molecule has 0 aliphatic carbocycles. The third-order valence-electron chi connectivity index (χ3n) is 3.16. The molecular weight excluding hydrogens is 272 g/mol. The summed E-state index contributed by atoms with van der Waals surface area (Å²) in [6.07, 6.45) is 0.886. The smallest absolute Gasteiger partial charge is 0.240 e. The number of aromatic nitrogens is 2. The molecule has 1 heterocycles. The number of hydrogen-bond acceptors (Lipinski definition) is 5. The fourth-order valence-corrected chi connectivity index (χ4v) is 2.10. The lowest BCUT2D eigenvalue weighted by Crippen LogP contribution is -2.28. The Bertz CT molecular complexity index is 651. The van der Waals surface area contributed by atoms with Crippen LogP contribution in [0.2, 0.25) is 0 Å². The van der Waals surface area contributed by atoms with Crippen molar-refractivity contribution in [3.63, 3.8) is 0 Å². The molecule has 2 rings (SSSR count). The Morgan fingerprint density at radius 3 is 2.62 bits per heavy atom. The van der Waals surface area contributed by atoms with Gasteiger partial charge >= 0.3 is 0 Å². The molecule has 0 saturated carbocycles. The number of amides is 1. The predicted octanol–water partition coefficient (Wildman–Crippen LogP) is 1.16. The van der Waals surface area contributed by atoms with Gasteiger partial charge in [0.25, 0.3) is 0 Å². The molecule has 0 atom stereocenters. The normalized spacial score (nSPS) is 10.6. The highest BCUT2D eigenvalue weighted by atomic mass is 16.5. The van der Waals surface area contributed by atoms with E-state index in [1.54, 1.807) is 30.9 Å². The molecule has 0 unspecified atom stereocenters. The molecule has 0 aliphatic heterocycles. The van der Waals surface area contributed by atoms with Gasteiger partial charge in [0.05, 0.1) is 25.3 Å². The number of methoxy groups -OCH3 is 2. The second-order valence-corrected chi connectivity index (χ2v) is 4.60. The Morgan fingerprint density at radius 1 is 1.33 bits per heavy atom. The van der Waals surface area contributed by atoms with Gasteiger partial charge in [-0.05, 0) is 6.42 Å². The molecule has 1 aromatic heterocycles. The lowest BCUT2D eigenvalue weighted by molar-refractivity contribution is -0.121. The van der Waals surface area contributed by atoms with Crippen molar-refractivity contribution < 1.29 is 14.3 Å². The third kappa shape index (κ3) is 3.01. The van der Waals surface area contributed by atoms with Crippen molar-refractivity contribution in [2.45, 2.75) is 19.9 Å². The standard InChI is InChI=1S/C14H20N4O3/c1-4-5-16-13(19)8-18-10-7-12(21-3)11(20-2)6-9(10)17-14(18)15/h6-7H,4-5,8H2,1-3H3,(H2,15,17)(H,16,19). The molecule has 0 spiro atoms. The first-order valence-corrected chi connectivity index (χ1v) is 6.75. The number of nitrogens with zero attached hydrogens (tertiary/aromatic N) is 2. The van der Waals surface area contributed by atoms with Crippen LogP contribution in [-0.4, -0.2) is 36.2 Å². The lowest BCUT2D eigenvalue weighted by Gasteiger charge is -2.10. The first kappa shape index (κ1) is 15.0. The van der Waals surface area contributed by atoms with E-state index in [1.165, 1.54) is 0 Å². The first-order valence-electron chi connectivity index (χ1n) is 6.75. The van der Waals surface area contributed by atoms with Crippen LogP contribution in [0.5, 0.6) is 11.5 Å². The minimum atomic E-state index is -0.0994. The van der Waals surface area contributed by atoms with E-state index in [4.69, 9.17) is 15.2 Å². The van der Waals surface area contributed by atoms with Crippen molar-refractivity contribution in [3.8, 4) is 11.5 Å². The minimum absolute atomic E-state index is 0.0994. The fourth-order valence-electron chi connectivity index (χ4n) is 2.10. The zero-order valence-corrected chi connectivity index (χ0v) is 12.5. The molecule has 7 heteroatoms. The summed E-state index contributed by atoms with van der Waals surface area (Å²) >= 11 is 0. The number of rotatable bonds is 6. The Kier molecular flexibility index (Phi) is 4.52. The fraction of sp³-hybridized carbons (Fsp3) is 0.429. The number of carbonyl (C=O) groups excluding carboxylic acids is 1. The number of nitrogens with one attached hydrogen (secondary N) is 1. The van der Waals surface area contributed by atoms with Gasteiger partial charge in [-0.25, -0.2) is 4.98 Å². The number of ether oxygens (including phenoxy) is 2. The Morgan fingerprint density at radius 2 is 2.00 bits per heavy atom. The number of nitrogens with two attached hydrogens (primary N) is 1. The highest BCUT2D eigenvalue weighted by Gasteiger charge is 2.15. The van der Waals surface area contributed by atoms with Crippen molar-refractivity contribution in [3.05, 3.63) is 12.1 Å².